The molecule has 0 saturated carbocycles. The molecule has 1 amide bonds. The number of primary amides is 1. The van der Waals surface area contributed by atoms with Crippen LogP contribution in [0.1, 0.15) is 27.7 Å². The van der Waals surface area contributed by atoms with Gasteiger partial charge in [-0.15, -0.1) is 0 Å². The first kappa shape index (κ1) is 9.47. The number of amides is 1. The Morgan fingerprint density at radius 2 is 1.40 bits per heavy atom. The number of carbonyl (C=O) groups excluding carboxylic acids is 1. The van der Waals surface area contributed by atoms with E-state index in [1.54, 1.807) is 0 Å². The maximum absolute atomic E-state index is 10.8. The summed E-state index contributed by atoms with van der Waals surface area (Å²) in [6.45, 7) is 8.09. The number of hydrogen-bond donors (Lipinski definition) is 1. The van der Waals surface area contributed by atoms with E-state index in [1.165, 1.54) is 0 Å². The summed E-state index contributed by atoms with van der Waals surface area (Å²) in [5.74, 6) is 0.569. The lowest BCUT2D eigenvalue weighted by molar-refractivity contribution is -0.124. The van der Waals surface area contributed by atoms with Crippen LogP contribution in [0.5, 0.6) is 0 Å². The fourth-order valence-corrected chi connectivity index (χ4v) is 1.43. The van der Waals surface area contributed by atoms with Gasteiger partial charge in [0.15, 0.2) is 0 Å². The van der Waals surface area contributed by atoms with Gasteiger partial charge in [-0.3, -0.25) is 4.79 Å². The molecule has 10 heavy (non-hydrogen) atoms. The van der Waals surface area contributed by atoms with Gasteiger partial charge in [0.2, 0.25) is 5.91 Å². The molecule has 0 rings (SSSR count). The minimum atomic E-state index is -0.176. The summed E-state index contributed by atoms with van der Waals surface area (Å²) >= 11 is 0. The molecule has 60 valence electrons. The first-order valence-electron chi connectivity index (χ1n) is 3.76. The molecule has 2 nitrogen and oxygen atoms in total. The van der Waals surface area contributed by atoms with Gasteiger partial charge in [0.1, 0.15) is 0 Å². The van der Waals surface area contributed by atoms with Crippen molar-refractivity contribution in [2.75, 3.05) is 0 Å². The number of rotatable bonds is 3. The molecule has 0 aromatic carbocycles. The Bertz CT molecular complexity index is 110. The monoisotopic (exact) mass is 143 g/mol. The first-order chi connectivity index (χ1) is 4.46. The third-order valence-electron chi connectivity index (χ3n) is 1.76. The molecule has 0 spiro atoms. The molecule has 2 heteroatoms. The molecule has 0 unspecified atom stereocenters. The van der Waals surface area contributed by atoms with E-state index in [2.05, 4.69) is 0 Å². The third-order valence-corrected chi connectivity index (χ3v) is 1.76. The van der Waals surface area contributed by atoms with Crippen LogP contribution in [0.25, 0.3) is 0 Å². The van der Waals surface area contributed by atoms with Crippen LogP contribution >= 0.6 is 0 Å². The Morgan fingerprint density at radius 1 is 1.10 bits per heavy atom. The SMILES string of the molecule is CC(C)C(C(N)=O)C(C)C. The normalized spacial score (nSPS) is 11.5. The van der Waals surface area contributed by atoms with Crippen LogP contribution in [0, 0.1) is 17.8 Å². The topological polar surface area (TPSA) is 43.1 Å². The van der Waals surface area contributed by atoms with Gasteiger partial charge in [-0.05, 0) is 11.8 Å². The average Bonchev–Trinajstić information content (AvgIpc) is 1.59. The maximum Gasteiger partial charge on any atom is 0.221 e. The zero-order valence-corrected chi connectivity index (χ0v) is 7.22. The van der Waals surface area contributed by atoms with Crippen LogP contribution in [0.15, 0.2) is 0 Å². The molecule has 0 fully saturated rings. The predicted molar refractivity (Wildman–Crippen MR) is 42.4 cm³/mol. The van der Waals surface area contributed by atoms with Crippen molar-refractivity contribution in [2.45, 2.75) is 27.7 Å². The van der Waals surface area contributed by atoms with Crippen molar-refractivity contribution in [3.05, 3.63) is 0 Å². The summed E-state index contributed by atoms with van der Waals surface area (Å²) in [6.07, 6.45) is 0. The van der Waals surface area contributed by atoms with Crippen LogP contribution < -0.4 is 5.73 Å². The summed E-state index contributed by atoms with van der Waals surface area (Å²) in [5, 5.41) is 0. The Balaban J connectivity index is 4.12. The summed E-state index contributed by atoms with van der Waals surface area (Å²) in [7, 11) is 0. The molecular formula is C8H17NO. The van der Waals surface area contributed by atoms with Gasteiger partial charge in [0, 0.05) is 5.92 Å². The highest BCUT2D eigenvalue weighted by molar-refractivity contribution is 5.77. The summed E-state index contributed by atoms with van der Waals surface area (Å²) in [5.41, 5.74) is 5.20. The summed E-state index contributed by atoms with van der Waals surface area (Å²) < 4.78 is 0. The molecule has 0 atom stereocenters. The molecule has 0 bridgehead atoms. The van der Waals surface area contributed by atoms with Crippen molar-refractivity contribution in [3.8, 4) is 0 Å². The number of hydrogen-bond acceptors (Lipinski definition) is 1. The first-order valence-corrected chi connectivity index (χ1v) is 3.76. The minimum absolute atomic E-state index is 0.0278. The highest BCUT2D eigenvalue weighted by Crippen LogP contribution is 2.19. The molecular weight excluding hydrogens is 126 g/mol. The van der Waals surface area contributed by atoms with Crippen LogP contribution in [0.3, 0.4) is 0 Å². The largest absolute Gasteiger partial charge is 0.369 e. The van der Waals surface area contributed by atoms with Crippen LogP contribution in [-0.4, -0.2) is 5.91 Å². The van der Waals surface area contributed by atoms with E-state index in [0.717, 1.165) is 0 Å². The second kappa shape index (κ2) is 3.59. The second-order valence-electron chi connectivity index (χ2n) is 3.42. The molecule has 0 radical (unpaired) electrons. The quantitative estimate of drug-likeness (QED) is 0.637. The van der Waals surface area contributed by atoms with Gasteiger partial charge in [0.05, 0.1) is 0 Å². The van der Waals surface area contributed by atoms with Gasteiger partial charge in [-0.2, -0.15) is 0 Å². The van der Waals surface area contributed by atoms with Gasteiger partial charge in [0.25, 0.3) is 0 Å². The molecule has 0 aliphatic rings. The molecule has 0 aliphatic heterocycles. The molecule has 2 N–H and O–H groups in total. The lowest BCUT2D eigenvalue weighted by Crippen LogP contribution is -2.31. The van der Waals surface area contributed by atoms with Crippen molar-refractivity contribution >= 4 is 5.91 Å². The van der Waals surface area contributed by atoms with E-state index in [0.29, 0.717) is 11.8 Å². The lowest BCUT2D eigenvalue weighted by Gasteiger charge is -2.20. The fraction of sp³-hybridized carbons (Fsp3) is 0.875. The standard InChI is InChI=1S/C8H17NO/c1-5(2)7(6(3)4)8(9)10/h5-7H,1-4H3,(H2,9,10). The molecule has 0 saturated heterocycles. The third kappa shape index (κ3) is 2.38. The average molecular weight is 143 g/mol. The van der Waals surface area contributed by atoms with E-state index in [-0.39, 0.29) is 11.8 Å². The van der Waals surface area contributed by atoms with Crippen molar-refractivity contribution < 1.29 is 4.79 Å². The summed E-state index contributed by atoms with van der Waals surface area (Å²) in [4.78, 5) is 10.8. The minimum Gasteiger partial charge on any atom is -0.369 e. The Labute approximate surface area is 62.8 Å². The van der Waals surface area contributed by atoms with E-state index >= 15 is 0 Å². The Kier molecular flexibility index (Phi) is 3.40. The molecule has 0 aromatic heterocycles. The van der Waals surface area contributed by atoms with Gasteiger partial charge in [-0.1, -0.05) is 27.7 Å². The Hall–Kier alpha value is -0.530. The zero-order valence-electron chi connectivity index (χ0n) is 7.22. The van der Waals surface area contributed by atoms with Crippen molar-refractivity contribution in [3.63, 3.8) is 0 Å². The molecule has 0 aliphatic carbocycles. The van der Waals surface area contributed by atoms with Crippen LogP contribution in [-0.2, 0) is 4.79 Å². The van der Waals surface area contributed by atoms with Gasteiger partial charge in [-0.25, -0.2) is 0 Å². The lowest BCUT2D eigenvalue weighted by atomic mass is 9.85. The highest BCUT2D eigenvalue weighted by Gasteiger charge is 2.22. The van der Waals surface area contributed by atoms with Crippen LogP contribution in [0.4, 0.5) is 0 Å². The highest BCUT2D eigenvalue weighted by atomic mass is 16.1. The van der Waals surface area contributed by atoms with E-state index in [9.17, 15) is 4.79 Å². The van der Waals surface area contributed by atoms with E-state index in [4.69, 9.17) is 5.73 Å². The molecule has 0 aromatic rings. The second-order valence-corrected chi connectivity index (χ2v) is 3.42. The Morgan fingerprint density at radius 3 is 1.40 bits per heavy atom. The van der Waals surface area contributed by atoms with Gasteiger partial charge >= 0.3 is 0 Å². The predicted octanol–water partition coefficient (Wildman–Crippen LogP) is 1.40. The number of carbonyl (C=O) groups is 1. The van der Waals surface area contributed by atoms with E-state index in [1.807, 2.05) is 27.7 Å². The smallest absolute Gasteiger partial charge is 0.221 e. The zero-order chi connectivity index (χ0) is 8.31. The van der Waals surface area contributed by atoms with Gasteiger partial charge < -0.3 is 5.73 Å². The van der Waals surface area contributed by atoms with Crippen molar-refractivity contribution in [1.29, 1.82) is 0 Å². The van der Waals surface area contributed by atoms with Crippen LogP contribution in [0.2, 0.25) is 0 Å². The molecule has 0 heterocycles. The van der Waals surface area contributed by atoms with Crippen molar-refractivity contribution in [1.82, 2.24) is 0 Å². The van der Waals surface area contributed by atoms with Crippen molar-refractivity contribution in [2.24, 2.45) is 23.5 Å². The maximum atomic E-state index is 10.8. The number of nitrogens with two attached hydrogens (primary N) is 1. The van der Waals surface area contributed by atoms with E-state index < -0.39 is 0 Å². The fourth-order valence-electron chi connectivity index (χ4n) is 1.43. The summed E-state index contributed by atoms with van der Waals surface area (Å²) in [6, 6.07) is 0.